The lowest BCUT2D eigenvalue weighted by molar-refractivity contribution is 0.0660. The van der Waals surface area contributed by atoms with Gasteiger partial charge in [0.1, 0.15) is 24.2 Å². The molecule has 0 amide bonds. The topological polar surface area (TPSA) is 45.2 Å². The van der Waals surface area contributed by atoms with E-state index in [4.69, 9.17) is 21.1 Å². The van der Waals surface area contributed by atoms with Gasteiger partial charge in [0.15, 0.2) is 0 Å². The van der Waals surface area contributed by atoms with Gasteiger partial charge in [-0.15, -0.1) is 0 Å². The molecule has 3 rings (SSSR count). The first kappa shape index (κ1) is 19.8. The number of anilines is 1. The van der Waals surface area contributed by atoms with Crippen LogP contribution in [0.1, 0.15) is 5.56 Å². The number of aryl methyl sites for hydroxylation is 1. The summed E-state index contributed by atoms with van der Waals surface area (Å²) in [7, 11) is 1.70. The van der Waals surface area contributed by atoms with Crippen LogP contribution < -0.4 is 14.4 Å². The standard InChI is InChI=1S/C21H27ClN2O3/c1-16-13-17(22)7-8-20(16)27-15-18(25)14-23-9-11-24(12-10-23)19-5-3-4-6-21(19)26-2/h3-8,13,18,25H,9-12,14-15H2,1-2H3/t18-/m0/s1. The van der Waals surface area contributed by atoms with Crippen molar-refractivity contribution in [2.75, 3.05) is 51.3 Å². The van der Waals surface area contributed by atoms with Crippen molar-refractivity contribution in [3.63, 3.8) is 0 Å². The molecule has 0 saturated carbocycles. The van der Waals surface area contributed by atoms with Crippen LogP contribution in [-0.2, 0) is 0 Å². The molecule has 1 atom stereocenters. The maximum atomic E-state index is 10.3. The molecule has 0 bridgehead atoms. The molecule has 6 heteroatoms. The van der Waals surface area contributed by atoms with E-state index in [0.29, 0.717) is 11.6 Å². The van der Waals surface area contributed by atoms with Crippen molar-refractivity contribution >= 4 is 17.3 Å². The highest BCUT2D eigenvalue weighted by atomic mass is 35.5. The molecule has 0 radical (unpaired) electrons. The fraction of sp³-hybridized carbons (Fsp3) is 0.429. The second-order valence-corrected chi connectivity index (χ2v) is 7.27. The van der Waals surface area contributed by atoms with Gasteiger partial charge in [-0.2, -0.15) is 0 Å². The van der Waals surface area contributed by atoms with E-state index in [-0.39, 0.29) is 6.61 Å². The van der Waals surface area contributed by atoms with Gasteiger partial charge in [-0.25, -0.2) is 0 Å². The predicted molar refractivity (Wildman–Crippen MR) is 109 cm³/mol. The summed E-state index contributed by atoms with van der Waals surface area (Å²) in [4.78, 5) is 4.60. The minimum Gasteiger partial charge on any atom is -0.495 e. The lowest BCUT2D eigenvalue weighted by atomic mass is 10.2. The summed E-state index contributed by atoms with van der Waals surface area (Å²) in [5.74, 6) is 1.66. The van der Waals surface area contributed by atoms with E-state index < -0.39 is 6.10 Å². The first-order valence-corrected chi connectivity index (χ1v) is 9.62. The zero-order valence-electron chi connectivity index (χ0n) is 15.9. The largest absolute Gasteiger partial charge is 0.495 e. The Labute approximate surface area is 166 Å². The van der Waals surface area contributed by atoms with Gasteiger partial charge in [0, 0.05) is 37.7 Å². The summed E-state index contributed by atoms with van der Waals surface area (Å²) in [5.41, 5.74) is 2.10. The molecule has 2 aromatic carbocycles. The second-order valence-electron chi connectivity index (χ2n) is 6.83. The monoisotopic (exact) mass is 390 g/mol. The lowest BCUT2D eigenvalue weighted by Crippen LogP contribution is -2.49. The number of aliphatic hydroxyl groups excluding tert-OH is 1. The van der Waals surface area contributed by atoms with Crippen molar-refractivity contribution in [1.29, 1.82) is 0 Å². The summed E-state index contributed by atoms with van der Waals surface area (Å²) in [6, 6.07) is 13.6. The van der Waals surface area contributed by atoms with E-state index in [1.54, 1.807) is 13.2 Å². The number of hydrogen-bond donors (Lipinski definition) is 1. The highest BCUT2D eigenvalue weighted by Crippen LogP contribution is 2.28. The van der Waals surface area contributed by atoms with Crippen LogP contribution in [-0.4, -0.2) is 62.6 Å². The Morgan fingerprint density at radius 1 is 1.07 bits per heavy atom. The van der Waals surface area contributed by atoms with E-state index in [2.05, 4.69) is 15.9 Å². The van der Waals surface area contributed by atoms with Crippen LogP contribution in [0.4, 0.5) is 5.69 Å². The molecule has 1 fully saturated rings. The van der Waals surface area contributed by atoms with Gasteiger partial charge >= 0.3 is 0 Å². The molecule has 1 N–H and O–H groups in total. The molecule has 146 valence electrons. The summed E-state index contributed by atoms with van der Waals surface area (Å²) >= 11 is 5.96. The van der Waals surface area contributed by atoms with Crippen LogP contribution in [0.3, 0.4) is 0 Å². The number of hydrogen-bond acceptors (Lipinski definition) is 5. The van der Waals surface area contributed by atoms with Gasteiger partial charge in [-0.05, 0) is 42.8 Å². The third-order valence-electron chi connectivity index (χ3n) is 4.84. The van der Waals surface area contributed by atoms with Crippen LogP contribution >= 0.6 is 11.6 Å². The molecule has 2 aromatic rings. The summed E-state index contributed by atoms with van der Waals surface area (Å²) < 4.78 is 11.2. The van der Waals surface area contributed by atoms with Gasteiger partial charge in [-0.1, -0.05) is 23.7 Å². The molecule has 0 unspecified atom stereocenters. The average molecular weight is 391 g/mol. The molecule has 1 saturated heterocycles. The molecule has 1 heterocycles. The Kier molecular flexibility index (Phi) is 6.83. The number of benzene rings is 2. The fourth-order valence-electron chi connectivity index (χ4n) is 3.37. The zero-order valence-corrected chi connectivity index (χ0v) is 16.7. The Morgan fingerprint density at radius 3 is 2.52 bits per heavy atom. The van der Waals surface area contributed by atoms with Crippen molar-refractivity contribution in [1.82, 2.24) is 4.90 Å². The number of ether oxygens (including phenoxy) is 2. The number of nitrogens with zero attached hydrogens (tertiary/aromatic N) is 2. The summed E-state index contributed by atoms with van der Waals surface area (Å²) in [6.45, 7) is 6.44. The minimum atomic E-state index is -0.530. The second kappa shape index (κ2) is 9.31. The SMILES string of the molecule is COc1ccccc1N1CCN(C[C@H](O)COc2ccc(Cl)cc2C)CC1. The minimum absolute atomic E-state index is 0.273. The summed E-state index contributed by atoms with van der Waals surface area (Å²) in [6.07, 6.45) is -0.530. The van der Waals surface area contributed by atoms with Crippen molar-refractivity contribution in [3.8, 4) is 11.5 Å². The van der Waals surface area contributed by atoms with Crippen molar-refractivity contribution < 1.29 is 14.6 Å². The van der Waals surface area contributed by atoms with E-state index in [1.807, 2.05) is 37.3 Å². The third-order valence-corrected chi connectivity index (χ3v) is 5.07. The molecule has 1 aliphatic rings. The van der Waals surface area contributed by atoms with Gasteiger partial charge in [-0.3, -0.25) is 4.90 Å². The van der Waals surface area contributed by atoms with E-state index >= 15 is 0 Å². The molecule has 0 aromatic heterocycles. The number of aliphatic hydroxyl groups is 1. The smallest absolute Gasteiger partial charge is 0.142 e. The van der Waals surface area contributed by atoms with E-state index in [9.17, 15) is 5.11 Å². The molecular formula is C21H27ClN2O3. The van der Waals surface area contributed by atoms with Gasteiger partial charge in [0.05, 0.1) is 12.8 Å². The number of rotatable bonds is 7. The van der Waals surface area contributed by atoms with Crippen molar-refractivity contribution in [3.05, 3.63) is 53.1 Å². The van der Waals surface area contributed by atoms with Gasteiger partial charge < -0.3 is 19.5 Å². The molecule has 0 spiro atoms. The van der Waals surface area contributed by atoms with Crippen LogP contribution in [0.5, 0.6) is 11.5 Å². The Bertz CT molecular complexity index is 748. The molecule has 5 nitrogen and oxygen atoms in total. The van der Waals surface area contributed by atoms with E-state index in [1.165, 1.54) is 0 Å². The maximum absolute atomic E-state index is 10.3. The normalized spacial score (nSPS) is 16.2. The zero-order chi connectivity index (χ0) is 19.2. The number of para-hydroxylation sites is 2. The van der Waals surface area contributed by atoms with E-state index in [0.717, 1.165) is 48.9 Å². The maximum Gasteiger partial charge on any atom is 0.142 e. The van der Waals surface area contributed by atoms with Gasteiger partial charge in [0.25, 0.3) is 0 Å². The summed E-state index contributed by atoms with van der Waals surface area (Å²) in [5, 5.41) is 11.0. The first-order valence-electron chi connectivity index (χ1n) is 9.24. The van der Waals surface area contributed by atoms with Gasteiger partial charge in [0.2, 0.25) is 0 Å². The van der Waals surface area contributed by atoms with Crippen LogP contribution in [0.25, 0.3) is 0 Å². The first-order chi connectivity index (χ1) is 13.1. The molecule has 0 aliphatic carbocycles. The molecule has 27 heavy (non-hydrogen) atoms. The lowest BCUT2D eigenvalue weighted by Gasteiger charge is -2.37. The van der Waals surface area contributed by atoms with Crippen molar-refractivity contribution in [2.45, 2.75) is 13.0 Å². The number of piperazine rings is 1. The molecule has 1 aliphatic heterocycles. The van der Waals surface area contributed by atoms with Crippen molar-refractivity contribution in [2.24, 2.45) is 0 Å². The fourth-order valence-corrected chi connectivity index (χ4v) is 3.60. The van der Waals surface area contributed by atoms with Crippen LogP contribution in [0, 0.1) is 6.92 Å². The Morgan fingerprint density at radius 2 is 1.81 bits per heavy atom. The highest BCUT2D eigenvalue weighted by molar-refractivity contribution is 6.30. The highest BCUT2D eigenvalue weighted by Gasteiger charge is 2.21. The van der Waals surface area contributed by atoms with Crippen LogP contribution in [0.15, 0.2) is 42.5 Å². The molecular weight excluding hydrogens is 364 g/mol. The number of methoxy groups -OCH3 is 1. The third kappa shape index (κ3) is 5.28. The van der Waals surface area contributed by atoms with Crippen LogP contribution in [0.2, 0.25) is 5.02 Å². The number of β-amino-alcohol motifs (C(OH)–C–C–N with tert-alkyl or cyclic N) is 1. The predicted octanol–water partition coefficient (Wildman–Crippen LogP) is 3.22. The quantitative estimate of drug-likeness (QED) is 0.786. The average Bonchev–Trinajstić information content (AvgIpc) is 2.68. The number of halogens is 1. The Hall–Kier alpha value is -1.95. The Balaban J connectivity index is 1.46.